The molecule has 0 unspecified atom stereocenters. The van der Waals surface area contributed by atoms with Crippen LogP contribution in [0.15, 0.2) is 27.6 Å². The number of nitrogens with zero attached hydrogens (tertiary/aromatic N) is 1. The average molecular weight is 190 g/mol. The zero-order valence-corrected chi connectivity index (χ0v) is 6.28. The molecule has 1 aliphatic rings. The number of allylic oxidation sites excluding steroid dienone is 2. The van der Waals surface area contributed by atoms with Crippen LogP contribution in [0.5, 0.6) is 0 Å². The summed E-state index contributed by atoms with van der Waals surface area (Å²) in [6, 6.07) is 0. The van der Waals surface area contributed by atoms with E-state index in [0.29, 0.717) is 10.9 Å². The van der Waals surface area contributed by atoms with Crippen LogP contribution in [-0.2, 0) is 0 Å². The van der Waals surface area contributed by atoms with Crippen molar-refractivity contribution in [1.82, 2.24) is 0 Å². The second kappa shape index (κ2) is 2.43. The number of aliphatic imine (C=N–C) groups is 1. The van der Waals surface area contributed by atoms with Crippen LogP contribution in [-0.4, -0.2) is 6.21 Å². The minimum atomic E-state index is -0.442. The SMILES string of the molecule is C=C1C=NC(F)=C(Br)C1. The third-order valence-electron chi connectivity index (χ3n) is 0.967. The van der Waals surface area contributed by atoms with Gasteiger partial charge in [-0.15, -0.1) is 0 Å². The van der Waals surface area contributed by atoms with Gasteiger partial charge in [0.2, 0.25) is 5.95 Å². The summed E-state index contributed by atoms with van der Waals surface area (Å²) >= 11 is 3.02. The third-order valence-corrected chi connectivity index (χ3v) is 1.57. The second-order valence-corrected chi connectivity index (χ2v) is 2.75. The predicted molar refractivity (Wildman–Crippen MR) is 39.3 cm³/mol. The van der Waals surface area contributed by atoms with Crippen molar-refractivity contribution in [1.29, 1.82) is 0 Å². The van der Waals surface area contributed by atoms with Crippen LogP contribution >= 0.6 is 15.9 Å². The number of hydrogen-bond donors (Lipinski definition) is 0. The van der Waals surface area contributed by atoms with Gasteiger partial charge in [-0.25, -0.2) is 4.99 Å². The zero-order valence-electron chi connectivity index (χ0n) is 4.69. The van der Waals surface area contributed by atoms with E-state index >= 15 is 0 Å². The molecule has 1 rings (SSSR count). The van der Waals surface area contributed by atoms with Crippen molar-refractivity contribution in [3.8, 4) is 0 Å². The maximum atomic E-state index is 12.3. The van der Waals surface area contributed by atoms with Crippen molar-refractivity contribution < 1.29 is 4.39 Å². The molecule has 0 aromatic rings. The molecule has 0 N–H and O–H groups in total. The van der Waals surface area contributed by atoms with Crippen molar-refractivity contribution in [3.05, 3.63) is 22.6 Å². The largest absolute Gasteiger partial charge is 0.227 e. The van der Waals surface area contributed by atoms with Crippen molar-refractivity contribution in [2.75, 3.05) is 0 Å². The van der Waals surface area contributed by atoms with Crippen LogP contribution in [0.3, 0.4) is 0 Å². The molecular weight excluding hydrogens is 185 g/mol. The summed E-state index contributed by atoms with van der Waals surface area (Å²) in [5.41, 5.74) is 0.822. The molecule has 9 heavy (non-hydrogen) atoms. The first-order chi connectivity index (χ1) is 4.20. The highest BCUT2D eigenvalue weighted by Crippen LogP contribution is 2.24. The average Bonchev–Trinajstić information content (AvgIpc) is 1.80. The first-order valence-electron chi connectivity index (χ1n) is 2.46. The third kappa shape index (κ3) is 1.48. The molecule has 48 valence electrons. The summed E-state index contributed by atoms with van der Waals surface area (Å²) in [4.78, 5) is 3.43. The summed E-state index contributed by atoms with van der Waals surface area (Å²) < 4.78 is 12.8. The summed E-state index contributed by atoms with van der Waals surface area (Å²) in [5.74, 6) is -0.442. The molecule has 0 bridgehead atoms. The van der Waals surface area contributed by atoms with Crippen molar-refractivity contribution in [3.63, 3.8) is 0 Å². The van der Waals surface area contributed by atoms with Crippen molar-refractivity contribution in [2.45, 2.75) is 6.42 Å². The van der Waals surface area contributed by atoms with Gasteiger partial charge in [-0.05, 0) is 5.57 Å². The molecule has 0 aromatic carbocycles. The van der Waals surface area contributed by atoms with Gasteiger partial charge < -0.3 is 0 Å². The Bertz CT molecular complexity index is 205. The Hall–Kier alpha value is -0.440. The smallest absolute Gasteiger partial charge is 0.223 e. The Balaban J connectivity index is 2.87. The van der Waals surface area contributed by atoms with Crippen LogP contribution in [0, 0.1) is 0 Å². The summed E-state index contributed by atoms with van der Waals surface area (Å²) in [6.45, 7) is 3.62. The van der Waals surface area contributed by atoms with Crippen molar-refractivity contribution >= 4 is 22.1 Å². The lowest BCUT2D eigenvalue weighted by molar-refractivity contribution is 0.619. The monoisotopic (exact) mass is 189 g/mol. The molecule has 0 aliphatic carbocycles. The van der Waals surface area contributed by atoms with E-state index in [9.17, 15) is 4.39 Å². The quantitative estimate of drug-likeness (QED) is 0.520. The van der Waals surface area contributed by atoms with Crippen LogP contribution in [0.4, 0.5) is 4.39 Å². The van der Waals surface area contributed by atoms with Gasteiger partial charge in [-0.1, -0.05) is 22.5 Å². The van der Waals surface area contributed by atoms with E-state index in [1.165, 1.54) is 6.21 Å². The highest BCUT2D eigenvalue weighted by molar-refractivity contribution is 9.11. The molecular formula is C6H5BrFN. The Labute approximate surface area is 61.1 Å². The molecule has 0 fully saturated rings. The van der Waals surface area contributed by atoms with E-state index in [1.54, 1.807) is 0 Å². The van der Waals surface area contributed by atoms with Gasteiger partial charge in [0, 0.05) is 12.6 Å². The topological polar surface area (TPSA) is 12.4 Å². The van der Waals surface area contributed by atoms with Crippen LogP contribution in [0.25, 0.3) is 0 Å². The number of rotatable bonds is 0. The van der Waals surface area contributed by atoms with Crippen LogP contribution in [0.1, 0.15) is 6.42 Å². The Morgan fingerprint density at radius 2 is 2.44 bits per heavy atom. The number of hydrogen-bond acceptors (Lipinski definition) is 1. The van der Waals surface area contributed by atoms with Crippen molar-refractivity contribution in [2.24, 2.45) is 4.99 Å². The molecule has 0 saturated carbocycles. The lowest BCUT2D eigenvalue weighted by Crippen LogP contribution is -1.91. The van der Waals surface area contributed by atoms with E-state index in [2.05, 4.69) is 27.5 Å². The molecule has 3 heteroatoms. The van der Waals surface area contributed by atoms with E-state index in [1.807, 2.05) is 0 Å². The molecule has 1 heterocycles. The minimum absolute atomic E-state index is 0.442. The Morgan fingerprint density at radius 3 is 2.89 bits per heavy atom. The van der Waals surface area contributed by atoms with E-state index < -0.39 is 5.95 Å². The van der Waals surface area contributed by atoms with Gasteiger partial charge in [0.15, 0.2) is 0 Å². The molecule has 1 aliphatic heterocycles. The van der Waals surface area contributed by atoms with Gasteiger partial charge in [0.25, 0.3) is 0 Å². The summed E-state index contributed by atoms with van der Waals surface area (Å²) in [6.07, 6.45) is 1.97. The highest BCUT2D eigenvalue weighted by Gasteiger charge is 2.07. The van der Waals surface area contributed by atoms with Gasteiger partial charge >= 0.3 is 0 Å². The van der Waals surface area contributed by atoms with Crippen LogP contribution < -0.4 is 0 Å². The van der Waals surface area contributed by atoms with Gasteiger partial charge in [0.05, 0.1) is 4.48 Å². The standard InChI is InChI=1S/C6H5BrFN/c1-4-2-5(7)6(8)9-3-4/h3H,1-2H2. The fourth-order valence-corrected chi connectivity index (χ4v) is 0.998. The van der Waals surface area contributed by atoms with Gasteiger partial charge in [-0.3, -0.25) is 0 Å². The molecule has 0 radical (unpaired) electrons. The lowest BCUT2D eigenvalue weighted by atomic mass is 10.2. The van der Waals surface area contributed by atoms with E-state index in [0.717, 1.165) is 5.57 Å². The predicted octanol–water partition coefficient (Wildman–Crippen LogP) is 2.55. The van der Waals surface area contributed by atoms with E-state index in [4.69, 9.17) is 0 Å². The van der Waals surface area contributed by atoms with Crippen LogP contribution in [0.2, 0.25) is 0 Å². The number of halogens is 2. The normalized spacial score (nSPS) is 19.1. The summed E-state index contributed by atoms with van der Waals surface area (Å²) in [5, 5.41) is 0. The summed E-state index contributed by atoms with van der Waals surface area (Å²) in [7, 11) is 0. The minimum Gasteiger partial charge on any atom is -0.227 e. The fraction of sp³-hybridized carbons (Fsp3) is 0.167. The maximum Gasteiger partial charge on any atom is 0.223 e. The Kier molecular flexibility index (Phi) is 1.81. The molecule has 0 saturated heterocycles. The Morgan fingerprint density at radius 1 is 1.78 bits per heavy atom. The molecule has 0 amide bonds. The highest BCUT2D eigenvalue weighted by atomic mass is 79.9. The first kappa shape index (κ1) is 6.68. The molecule has 1 nitrogen and oxygen atoms in total. The second-order valence-electron chi connectivity index (χ2n) is 1.79. The molecule has 0 atom stereocenters. The molecule has 0 aromatic heterocycles. The van der Waals surface area contributed by atoms with Gasteiger partial charge in [-0.2, -0.15) is 4.39 Å². The zero-order chi connectivity index (χ0) is 6.85. The first-order valence-corrected chi connectivity index (χ1v) is 3.25. The molecule has 0 spiro atoms. The maximum absolute atomic E-state index is 12.3. The fourth-order valence-electron chi connectivity index (χ4n) is 0.536. The van der Waals surface area contributed by atoms with Gasteiger partial charge in [0.1, 0.15) is 0 Å². The van der Waals surface area contributed by atoms with E-state index in [-0.39, 0.29) is 0 Å². The lowest BCUT2D eigenvalue weighted by Gasteiger charge is -2.03.